The van der Waals surface area contributed by atoms with Gasteiger partial charge in [-0.15, -0.1) is 5.10 Å². The van der Waals surface area contributed by atoms with Crippen LogP contribution in [0.1, 0.15) is 16.1 Å². The molecular formula is C11H11ClN4O2. The predicted molar refractivity (Wildman–Crippen MR) is 66.0 cm³/mol. The van der Waals surface area contributed by atoms with Crippen LogP contribution < -0.4 is 5.73 Å². The van der Waals surface area contributed by atoms with Gasteiger partial charge in [0.2, 0.25) is 0 Å². The smallest absolute Gasteiger partial charge is 0.338 e. The number of esters is 1. The summed E-state index contributed by atoms with van der Waals surface area (Å²) in [6.07, 6.45) is 1.67. The van der Waals surface area contributed by atoms with E-state index in [9.17, 15) is 4.79 Å². The fraction of sp³-hybridized carbons (Fsp3) is 0.182. The number of nitrogen functional groups attached to an aromatic ring is 1. The molecule has 7 heteroatoms. The number of carbonyl (C=O) groups is 1. The number of ether oxygens (including phenoxy) is 1. The van der Waals surface area contributed by atoms with Gasteiger partial charge in [0, 0.05) is 7.05 Å². The van der Waals surface area contributed by atoms with E-state index >= 15 is 0 Å². The van der Waals surface area contributed by atoms with Gasteiger partial charge in [-0.25, -0.2) is 4.79 Å². The third-order valence-electron chi connectivity index (χ3n) is 2.24. The number of hydrogen-bond donors (Lipinski definition) is 1. The van der Waals surface area contributed by atoms with Crippen LogP contribution in [-0.4, -0.2) is 21.0 Å². The highest BCUT2D eigenvalue weighted by Crippen LogP contribution is 2.20. The van der Waals surface area contributed by atoms with E-state index in [1.54, 1.807) is 25.4 Å². The average molecular weight is 267 g/mol. The Hall–Kier alpha value is -2.08. The third-order valence-corrected chi connectivity index (χ3v) is 2.56. The second-order valence-corrected chi connectivity index (χ2v) is 4.10. The van der Waals surface area contributed by atoms with Crippen LogP contribution in [-0.2, 0) is 18.4 Å². The largest absolute Gasteiger partial charge is 0.455 e. The molecule has 0 spiro atoms. The highest BCUT2D eigenvalue weighted by atomic mass is 35.5. The lowest BCUT2D eigenvalue weighted by molar-refractivity contribution is 0.0467. The second kappa shape index (κ2) is 5.05. The van der Waals surface area contributed by atoms with Gasteiger partial charge in [0.15, 0.2) is 0 Å². The molecule has 1 heterocycles. The molecule has 0 saturated heterocycles. The van der Waals surface area contributed by atoms with Crippen LogP contribution in [0.25, 0.3) is 0 Å². The predicted octanol–water partition coefficient (Wildman–Crippen LogP) is 1.41. The molecule has 0 aliphatic heterocycles. The van der Waals surface area contributed by atoms with Gasteiger partial charge in [0.25, 0.3) is 0 Å². The first-order valence-corrected chi connectivity index (χ1v) is 5.51. The summed E-state index contributed by atoms with van der Waals surface area (Å²) in [5.41, 5.74) is 6.89. The Morgan fingerprint density at radius 1 is 1.56 bits per heavy atom. The number of halogens is 1. The number of nitrogens with zero attached hydrogens (tertiary/aromatic N) is 3. The number of nitrogens with two attached hydrogens (primary N) is 1. The van der Waals surface area contributed by atoms with E-state index in [1.807, 2.05) is 0 Å². The molecule has 0 aliphatic rings. The van der Waals surface area contributed by atoms with Gasteiger partial charge in [-0.05, 0) is 18.2 Å². The van der Waals surface area contributed by atoms with Gasteiger partial charge < -0.3 is 10.5 Å². The summed E-state index contributed by atoms with van der Waals surface area (Å²) in [5.74, 6) is -0.484. The number of benzene rings is 1. The number of anilines is 1. The van der Waals surface area contributed by atoms with Crippen molar-refractivity contribution < 1.29 is 9.53 Å². The molecule has 1 aromatic heterocycles. The third kappa shape index (κ3) is 2.78. The zero-order chi connectivity index (χ0) is 13.1. The van der Waals surface area contributed by atoms with Crippen LogP contribution in [0.5, 0.6) is 0 Å². The Balaban J connectivity index is 2.01. The standard InChI is InChI=1S/C11H11ClN4O2/c1-16-5-8(14-15-16)6-18-11(17)7-2-3-10(13)9(12)4-7/h2-5H,6,13H2,1H3. The van der Waals surface area contributed by atoms with Crippen LogP contribution in [0.3, 0.4) is 0 Å². The molecule has 0 fully saturated rings. The van der Waals surface area contributed by atoms with Crippen molar-refractivity contribution in [2.24, 2.45) is 7.05 Å². The normalized spacial score (nSPS) is 10.3. The first kappa shape index (κ1) is 12.4. The molecule has 0 saturated carbocycles. The Labute approximate surface area is 108 Å². The van der Waals surface area contributed by atoms with Crippen molar-refractivity contribution in [3.05, 3.63) is 40.7 Å². The van der Waals surface area contributed by atoms with Gasteiger partial charge in [-0.1, -0.05) is 16.8 Å². The summed E-state index contributed by atoms with van der Waals surface area (Å²) in [7, 11) is 1.73. The van der Waals surface area contributed by atoms with Gasteiger partial charge in [0.05, 0.1) is 22.5 Å². The summed E-state index contributed by atoms with van der Waals surface area (Å²) < 4.78 is 6.60. The number of aryl methyl sites for hydroxylation is 1. The summed E-state index contributed by atoms with van der Waals surface area (Å²) in [5, 5.41) is 7.86. The van der Waals surface area contributed by atoms with E-state index in [-0.39, 0.29) is 6.61 Å². The number of carbonyl (C=O) groups excluding carboxylic acids is 1. The second-order valence-electron chi connectivity index (χ2n) is 3.70. The molecule has 0 atom stereocenters. The van der Waals surface area contributed by atoms with Gasteiger partial charge in [0.1, 0.15) is 12.3 Å². The lowest BCUT2D eigenvalue weighted by atomic mass is 10.2. The van der Waals surface area contributed by atoms with E-state index in [0.29, 0.717) is 22.0 Å². The molecule has 6 nitrogen and oxygen atoms in total. The van der Waals surface area contributed by atoms with Crippen LogP contribution >= 0.6 is 11.6 Å². The first-order chi connectivity index (χ1) is 8.56. The lowest BCUT2D eigenvalue weighted by Crippen LogP contribution is -2.06. The van der Waals surface area contributed by atoms with E-state index in [0.717, 1.165) is 0 Å². The number of aromatic nitrogens is 3. The summed E-state index contributed by atoms with van der Waals surface area (Å²) >= 11 is 5.82. The van der Waals surface area contributed by atoms with Gasteiger partial charge in [-0.3, -0.25) is 4.68 Å². The summed E-state index contributed by atoms with van der Waals surface area (Å²) in [4.78, 5) is 11.7. The molecule has 0 aliphatic carbocycles. The van der Waals surface area contributed by atoms with Crippen molar-refractivity contribution in [2.45, 2.75) is 6.61 Å². The van der Waals surface area contributed by atoms with Crippen molar-refractivity contribution >= 4 is 23.3 Å². The molecule has 18 heavy (non-hydrogen) atoms. The molecule has 94 valence electrons. The maximum atomic E-state index is 11.7. The Bertz CT molecular complexity index is 582. The molecule has 2 N–H and O–H groups in total. The van der Waals surface area contributed by atoms with Crippen molar-refractivity contribution in [1.82, 2.24) is 15.0 Å². The average Bonchev–Trinajstić information content (AvgIpc) is 2.75. The van der Waals surface area contributed by atoms with Crippen LogP contribution in [0.2, 0.25) is 5.02 Å². The van der Waals surface area contributed by atoms with Crippen LogP contribution in [0.15, 0.2) is 24.4 Å². The topological polar surface area (TPSA) is 83.0 Å². The monoisotopic (exact) mass is 266 g/mol. The highest BCUT2D eigenvalue weighted by molar-refractivity contribution is 6.33. The fourth-order valence-corrected chi connectivity index (χ4v) is 1.52. The summed E-state index contributed by atoms with van der Waals surface area (Å²) in [6, 6.07) is 4.58. The van der Waals surface area contributed by atoms with Crippen LogP contribution in [0, 0.1) is 0 Å². The molecule has 2 rings (SSSR count). The Morgan fingerprint density at radius 2 is 2.33 bits per heavy atom. The molecule has 1 aromatic carbocycles. The Kier molecular flexibility index (Phi) is 3.47. The molecule has 0 unspecified atom stereocenters. The highest BCUT2D eigenvalue weighted by Gasteiger charge is 2.10. The number of hydrogen-bond acceptors (Lipinski definition) is 5. The molecule has 0 bridgehead atoms. The first-order valence-electron chi connectivity index (χ1n) is 5.13. The van der Waals surface area contributed by atoms with Crippen molar-refractivity contribution in [1.29, 1.82) is 0 Å². The Morgan fingerprint density at radius 3 is 2.94 bits per heavy atom. The fourth-order valence-electron chi connectivity index (χ4n) is 1.34. The zero-order valence-corrected chi connectivity index (χ0v) is 10.4. The van der Waals surface area contributed by atoms with Gasteiger partial charge >= 0.3 is 5.97 Å². The molecule has 0 amide bonds. The van der Waals surface area contributed by atoms with E-state index in [2.05, 4.69) is 10.3 Å². The van der Waals surface area contributed by atoms with Crippen molar-refractivity contribution in [2.75, 3.05) is 5.73 Å². The molecule has 0 radical (unpaired) electrons. The quantitative estimate of drug-likeness (QED) is 0.671. The molecule has 2 aromatic rings. The molecular weight excluding hydrogens is 256 g/mol. The van der Waals surface area contributed by atoms with Crippen molar-refractivity contribution in [3.8, 4) is 0 Å². The minimum Gasteiger partial charge on any atom is -0.455 e. The minimum atomic E-state index is -0.484. The van der Waals surface area contributed by atoms with E-state index in [1.165, 1.54) is 10.7 Å². The summed E-state index contributed by atoms with van der Waals surface area (Å²) in [6.45, 7) is 0.0642. The number of rotatable bonds is 3. The minimum absolute atomic E-state index is 0.0642. The van der Waals surface area contributed by atoms with Crippen molar-refractivity contribution in [3.63, 3.8) is 0 Å². The van der Waals surface area contributed by atoms with Gasteiger partial charge in [-0.2, -0.15) is 0 Å². The zero-order valence-electron chi connectivity index (χ0n) is 9.63. The maximum Gasteiger partial charge on any atom is 0.338 e. The maximum absolute atomic E-state index is 11.7. The lowest BCUT2D eigenvalue weighted by Gasteiger charge is -2.04. The SMILES string of the molecule is Cn1cc(COC(=O)c2ccc(N)c(Cl)c2)nn1. The van der Waals surface area contributed by atoms with E-state index < -0.39 is 5.97 Å². The van der Waals surface area contributed by atoms with E-state index in [4.69, 9.17) is 22.1 Å². The van der Waals surface area contributed by atoms with Crippen LogP contribution in [0.4, 0.5) is 5.69 Å².